The molecular weight excluding hydrogens is 378 g/mol. The Morgan fingerprint density at radius 1 is 1.07 bits per heavy atom. The predicted octanol–water partition coefficient (Wildman–Crippen LogP) is 3.27. The molecule has 1 aromatic heterocycles. The lowest BCUT2D eigenvalue weighted by Gasteiger charge is -2.24. The summed E-state index contributed by atoms with van der Waals surface area (Å²) in [5.41, 5.74) is 5.48. The van der Waals surface area contributed by atoms with Crippen LogP contribution in [0.3, 0.4) is 0 Å². The van der Waals surface area contributed by atoms with Gasteiger partial charge in [-0.1, -0.05) is 36.4 Å². The van der Waals surface area contributed by atoms with Gasteiger partial charge in [-0.05, 0) is 44.0 Å². The fourth-order valence-corrected chi connectivity index (χ4v) is 3.89. The lowest BCUT2D eigenvalue weighted by molar-refractivity contribution is 0.0503. The zero-order chi connectivity index (χ0) is 21.5. The maximum Gasteiger partial charge on any atom is 0.276 e. The lowest BCUT2D eigenvalue weighted by atomic mass is 10.1. The van der Waals surface area contributed by atoms with E-state index in [0.29, 0.717) is 17.5 Å². The van der Waals surface area contributed by atoms with Gasteiger partial charge in [-0.15, -0.1) is 6.58 Å². The summed E-state index contributed by atoms with van der Waals surface area (Å²) in [6, 6.07) is 14.3. The first-order valence-corrected chi connectivity index (χ1v) is 9.95. The molecule has 1 atom stereocenters. The van der Waals surface area contributed by atoms with Crippen molar-refractivity contribution in [3.63, 3.8) is 0 Å². The summed E-state index contributed by atoms with van der Waals surface area (Å²) in [5, 5.41) is 12.1. The second-order valence-corrected chi connectivity index (χ2v) is 8.10. The minimum Gasteiger partial charge on any atom is -0.395 e. The van der Waals surface area contributed by atoms with Crippen molar-refractivity contribution in [2.45, 2.75) is 31.8 Å². The van der Waals surface area contributed by atoms with Crippen molar-refractivity contribution in [3.05, 3.63) is 84.1 Å². The van der Waals surface area contributed by atoms with E-state index in [0.717, 1.165) is 21.5 Å². The Morgan fingerprint density at radius 3 is 2.27 bits per heavy atom. The number of nitrogens with one attached hydrogen (secondary N) is 1. The minimum absolute atomic E-state index is 0.224. The Morgan fingerprint density at radius 2 is 1.67 bits per heavy atom. The smallest absolute Gasteiger partial charge is 0.276 e. The van der Waals surface area contributed by atoms with E-state index in [9.17, 15) is 14.7 Å². The van der Waals surface area contributed by atoms with E-state index in [4.69, 9.17) is 0 Å². The van der Waals surface area contributed by atoms with Crippen molar-refractivity contribution in [2.75, 3.05) is 6.61 Å². The highest BCUT2D eigenvalue weighted by Crippen LogP contribution is 2.29. The molecule has 0 radical (unpaired) electrons. The van der Waals surface area contributed by atoms with E-state index in [1.807, 2.05) is 24.3 Å². The average molecular weight is 403 g/mol. The number of imide groups is 1. The van der Waals surface area contributed by atoms with Gasteiger partial charge in [0.1, 0.15) is 0 Å². The topological polar surface area (TPSA) is 74.6 Å². The van der Waals surface area contributed by atoms with Crippen LogP contribution in [0.2, 0.25) is 0 Å². The zero-order valence-corrected chi connectivity index (χ0v) is 17.1. The maximum absolute atomic E-state index is 12.6. The van der Waals surface area contributed by atoms with Crippen molar-refractivity contribution in [1.82, 2.24) is 15.0 Å². The van der Waals surface area contributed by atoms with Crippen LogP contribution in [0.5, 0.6) is 0 Å². The van der Waals surface area contributed by atoms with Gasteiger partial charge >= 0.3 is 0 Å². The number of benzene rings is 2. The van der Waals surface area contributed by atoms with E-state index in [1.54, 1.807) is 24.3 Å². The number of hydrogen-bond donors (Lipinski definition) is 2. The zero-order valence-electron chi connectivity index (χ0n) is 17.1. The molecule has 2 N–H and O–H groups in total. The fourth-order valence-electron chi connectivity index (χ4n) is 3.89. The van der Waals surface area contributed by atoms with Crippen molar-refractivity contribution in [1.29, 1.82) is 0 Å². The minimum atomic E-state index is -0.502. The third-order valence-electron chi connectivity index (χ3n) is 5.71. The number of hydrogen-bond acceptors (Lipinski definition) is 4. The van der Waals surface area contributed by atoms with Crippen LogP contribution >= 0.6 is 0 Å². The standard InChI is InChI=1S/C24H25N3O3/c1-4-24(2,3)26-14-16(18-9-7-8-12-21(18)26)13-17(15-28)25-27-22(29)19-10-5-6-11-20(19)23(27)30/h4-12,14,17,25,28H,1,13,15H2,2-3H3/t17-/m0/s1. The van der Waals surface area contributed by atoms with Crippen LogP contribution in [-0.4, -0.2) is 39.1 Å². The molecule has 4 rings (SSSR count). The molecule has 154 valence electrons. The monoisotopic (exact) mass is 403 g/mol. The van der Waals surface area contributed by atoms with Crippen LogP contribution in [0.15, 0.2) is 67.4 Å². The molecule has 0 fully saturated rings. The van der Waals surface area contributed by atoms with Gasteiger partial charge in [0.05, 0.1) is 29.3 Å². The molecule has 2 amide bonds. The normalized spacial score (nSPS) is 15.0. The molecule has 0 spiro atoms. The van der Waals surface area contributed by atoms with Gasteiger partial charge in [0.2, 0.25) is 0 Å². The van der Waals surface area contributed by atoms with E-state index in [2.05, 4.69) is 42.7 Å². The highest BCUT2D eigenvalue weighted by atomic mass is 16.3. The molecule has 30 heavy (non-hydrogen) atoms. The summed E-state index contributed by atoms with van der Waals surface area (Å²) < 4.78 is 2.15. The van der Waals surface area contributed by atoms with Gasteiger partial charge in [0.25, 0.3) is 11.8 Å². The van der Waals surface area contributed by atoms with Crippen LogP contribution in [0.1, 0.15) is 40.1 Å². The van der Waals surface area contributed by atoms with Crippen molar-refractivity contribution < 1.29 is 14.7 Å². The number of amides is 2. The third kappa shape index (κ3) is 3.24. The number of fused-ring (bicyclic) bond motifs is 2. The SMILES string of the molecule is C=CC(C)(C)n1cc(C[C@@H](CO)NN2C(=O)c3ccccc3C2=O)c2ccccc21. The number of aliphatic hydroxyl groups is 1. The predicted molar refractivity (Wildman–Crippen MR) is 116 cm³/mol. The van der Waals surface area contributed by atoms with Crippen LogP contribution in [0.25, 0.3) is 10.9 Å². The summed E-state index contributed by atoms with van der Waals surface area (Å²) in [6.45, 7) is 7.89. The first-order valence-electron chi connectivity index (χ1n) is 9.95. The first kappa shape index (κ1) is 20.1. The van der Waals surface area contributed by atoms with Crippen LogP contribution < -0.4 is 5.43 Å². The molecular formula is C24H25N3O3. The van der Waals surface area contributed by atoms with E-state index in [-0.39, 0.29) is 12.1 Å². The number of allylic oxidation sites excluding steroid dienone is 1. The second kappa shape index (κ2) is 7.55. The van der Waals surface area contributed by atoms with Gasteiger partial charge in [-0.25, -0.2) is 10.4 Å². The Kier molecular flexibility index (Phi) is 5.05. The Bertz CT molecular complexity index is 1110. The Labute approximate surface area is 175 Å². The van der Waals surface area contributed by atoms with Crippen molar-refractivity contribution in [3.8, 4) is 0 Å². The molecule has 0 saturated carbocycles. The summed E-state index contributed by atoms with van der Waals surface area (Å²) in [5.74, 6) is -0.798. The largest absolute Gasteiger partial charge is 0.395 e. The quantitative estimate of drug-likeness (QED) is 0.469. The molecule has 2 aromatic carbocycles. The van der Waals surface area contributed by atoms with Crippen molar-refractivity contribution in [2.24, 2.45) is 0 Å². The number of carbonyl (C=O) groups excluding carboxylic acids is 2. The van der Waals surface area contributed by atoms with Crippen molar-refractivity contribution >= 4 is 22.7 Å². The molecule has 0 unspecified atom stereocenters. The highest BCUT2D eigenvalue weighted by Gasteiger charge is 2.36. The molecule has 0 aliphatic carbocycles. The van der Waals surface area contributed by atoms with E-state index in [1.165, 1.54) is 0 Å². The van der Waals surface area contributed by atoms with E-state index < -0.39 is 17.9 Å². The van der Waals surface area contributed by atoms with Gasteiger partial charge in [-0.2, -0.15) is 0 Å². The summed E-state index contributed by atoms with van der Waals surface area (Å²) in [7, 11) is 0. The van der Waals surface area contributed by atoms with E-state index >= 15 is 0 Å². The summed E-state index contributed by atoms with van der Waals surface area (Å²) >= 11 is 0. The second-order valence-electron chi connectivity index (χ2n) is 8.10. The molecule has 1 aliphatic rings. The average Bonchev–Trinajstić information content (AvgIpc) is 3.25. The van der Waals surface area contributed by atoms with Crippen LogP contribution in [0.4, 0.5) is 0 Å². The number of aromatic nitrogens is 1. The Balaban J connectivity index is 1.63. The number of nitrogens with zero attached hydrogens (tertiary/aromatic N) is 2. The van der Waals surface area contributed by atoms with Gasteiger partial charge < -0.3 is 9.67 Å². The first-order chi connectivity index (χ1) is 14.4. The molecule has 6 heteroatoms. The molecule has 3 aromatic rings. The molecule has 0 bridgehead atoms. The summed E-state index contributed by atoms with van der Waals surface area (Å²) in [6.07, 6.45) is 4.40. The maximum atomic E-state index is 12.6. The van der Waals surface area contributed by atoms with Gasteiger partial charge in [0, 0.05) is 17.1 Å². The number of hydrazine groups is 1. The molecule has 6 nitrogen and oxygen atoms in total. The third-order valence-corrected chi connectivity index (χ3v) is 5.71. The van der Waals surface area contributed by atoms with Gasteiger partial charge in [0.15, 0.2) is 0 Å². The molecule has 0 saturated heterocycles. The highest BCUT2D eigenvalue weighted by molar-refractivity contribution is 6.20. The molecule has 1 aliphatic heterocycles. The lowest BCUT2D eigenvalue weighted by Crippen LogP contribution is -2.50. The van der Waals surface area contributed by atoms with Crippen LogP contribution in [-0.2, 0) is 12.0 Å². The number of aliphatic hydroxyl groups excluding tert-OH is 1. The number of carbonyl (C=O) groups is 2. The Hall–Kier alpha value is -3.22. The van der Waals surface area contributed by atoms with Crippen LogP contribution in [0, 0.1) is 0 Å². The number of rotatable bonds is 7. The number of para-hydroxylation sites is 1. The summed E-state index contributed by atoms with van der Waals surface area (Å²) in [4.78, 5) is 25.3. The van der Waals surface area contributed by atoms with Gasteiger partial charge in [-0.3, -0.25) is 9.59 Å². The fraction of sp³-hybridized carbons (Fsp3) is 0.250. The molecule has 2 heterocycles.